The number of aliphatic hydroxyl groups excluding tert-OH is 1. The standard InChI is InChI=1S/C14H22ClN6O5P/c1-3-25-27(24,26-4-2)10(23)5-6-17-9(22)7-21-8-18-11-12(15)19-14(16)20-13(11)21/h8,10,23H,3-7H2,1-2H3,(H,17,22)(H2,16,19,20). The number of halogens is 1. The zero-order valence-electron chi connectivity index (χ0n) is 15.0. The van der Waals surface area contributed by atoms with Gasteiger partial charge >= 0.3 is 7.60 Å². The Balaban J connectivity index is 1.92. The van der Waals surface area contributed by atoms with E-state index in [0.29, 0.717) is 11.2 Å². The van der Waals surface area contributed by atoms with E-state index in [1.54, 1.807) is 13.8 Å². The van der Waals surface area contributed by atoms with Gasteiger partial charge in [0.2, 0.25) is 11.9 Å². The molecule has 2 rings (SSSR count). The van der Waals surface area contributed by atoms with Crippen LogP contribution in [0, 0.1) is 0 Å². The van der Waals surface area contributed by atoms with Crippen LogP contribution in [0.2, 0.25) is 5.15 Å². The summed E-state index contributed by atoms with van der Waals surface area (Å²) in [5, 5.41) is 12.8. The summed E-state index contributed by atoms with van der Waals surface area (Å²) in [7, 11) is -3.63. The van der Waals surface area contributed by atoms with Gasteiger partial charge in [-0.3, -0.25) is 9.36 Å². The first kappa shape index (κ1) is 21.5. The summed E-state index contributed by atoms with van der Waals surface area (Å²) in [4.78, 5) is 24.0. The lowest BCUT2D eigenvalue weighted by Gasteiger charge is -2.22. The van der Waals surface area contributed by atoms with Crippen molar-refractivity contribution in [2.24, 2.45) is 0 Å². The summed E-state index contributed by atoms with van der Waals surface area (Å²) < 4.78 is 24.0. The Morgan fingerprint density at radius 1 is 1.41 bits per heavy atom. The number of hydrogen-bond acceptors (Lipinski definition) is 9. The van der Waals surface area contributed by atoms with Gasteiger partial charge in [-0.05, 0) is 13.8 Å². The van der Waals surface area contributed by atoms with Gasteiger partial charge in [0.15, 0.2) is 16.6 Å². The first-order valence-corrected chi connectivity index (χ1v) is 10.3. The van der Waals surface area contributed by atoms with E-state index in [4.69, 9.17) is 26.4 Å². The topological polar surface area (TPSA) is 154 Å². The number of nitrogens with one attached hydrogen (secondary N) is 1. The van der Waals surface area contributed by atoms with Crippen LogP contribution in [0.3, 0.4) is 0 Å². The first-order valence-electron chi connectivity index (χ1n) is 8.28. The number of carbonyl (C=O) groups is 1. The minimum Gasteiger partial charge on any atom is -0.380 e. The van der Waals surface area contributed by atoms with Crippen molar-refractivity contribution >= 4 is 42.2 Å². The molecule has 0 aromatic carbocycles. The lowest BCUT2D eigenvalue weighted by Crippen LogP contribution is -2.30. The molecule has 1 atom stereocenters. The zero-order valence-corrected chi connectivity index (χ0v) is 16.6. The molecule has 27 heavy (non-hydrogen) atoms. The van der Waals surface area contributed by atoms with E-state index in [0.717, 1.165) is 0 Å². The molecule has 0 aliphatic heterocycles. The van der Waals surface area contributed by atoms with Crippen LogP contribution in [0.4, 0.5) is 5.95 Å². The van der Waals surface area contributed by atoms with E-state index < -0.39 is 13.4 Å². The summed E-state index contributed by atoms with van der Waals surface area (Å²) in [5.41, 5.74) is 6.23. The van der Waals surface area contributed by atoms with Gasteiger partial charge in [-0.15, -0.1) is 0 Å². The van der Waals surface area contributed by atoms with Crippen molar-refractivity contribution in [1.29, 1.82) is 0 Å². The van der Waals surface area contributed by atoms with Crippen molar-refractivity contribution in [3.8, 4) is 0 Å². The van der Waals surface area contributed by atoms with Crippen LogP contribution >= 0.6 is 19.2 Å². The molecule has 0 spiro atoms. The normalized spacial score (nSPS) is 13.0. The van der Waals surface area contributed by atoms with Crippen LogP contribution in [0.5, 0.6) is 0 Å². The molecule has 0 bridgehead atoms. The molecule has 4 N–H and O–H groups in total. The molecule has 0 aliphatic carbocycles. The first-order chi connectivity index (χ1) is 12.8. The summed E-state index contributed by atoms with van der Waals surface area (Å²) in [6, 6.07) is 0. The number of aromatic nitrogens is 4. The molecule has 2 aromatic heterocycles. The van der Waals surface area contributed by atoms with Crippen LogP contribution in [-0.2, 0) is 25.0 Å². The SMILES string of the molecule is CCOP(=O)(OCC)C(O)CCNC(=O)Cn1cnc2c(Cl)nc(N)nc21. The van der Waals surface area contributed by atoms with Crippen molar-refractivity contribution in [2.45, 2.75) is 32.7 Å². The van der Waals surface area contributed by atoms with Gasteiger partial charge in [0.1, 0.15) is 12.1 Å². The Bertz CT molecular complexity index is 837. The summed E-state index contributed by atoms with van der Waals surface area (Å²) in [6.45, 7) is 3.57. The molecule has 13 heteroatoms. The molecule has 1 unspecified atom stereocenters. The maximum Gasteiger partial charge on any atom is 0.358 e. The molecular formula is C14H22ClN6O5P. The quantitative estimate of drug-likeness (QED) is 0.379. The lowest BCUT2D eigenvalue weighted by atomic mass is 10.4. The number of amides is 1. The van der Waals surface area contributed by atoms with Crippen LogP contribution < -0.4 is 11.1 Å². The van der Waals surface area contributed by atoms with Crippen LogP contribution in [0.25, 0.3) is 11.2 Å². The Morgan fingerprint density at radius 3 is 2.70 bits per heavy atom. The highest BCUT2D eigenvalue weighted by atomic mass is 35.5. The monoisotopic (exact) mass is 420 g/mol. The van der Waals surface area contributed by atoms with Crippen molar-refractivity contribution in [3.05, 3.63) is 11.5 Å². The van der Waals surface area contributed by atoms with Gasteiger partial charge in [-0.25, -0.2) is 4.98 Å². The van der Waals surface area contributed by atoms with Gasteiger partial charge in [-0.1, -0.05) is 11.6 Å². The number of imidazole rings is 1. The number of fused-ring (bicyclic) bond motifs is 1. The molecule has 0 radical (unpaired) electrons. The highest BCUT2D eigenvalue weighted by molar-refractivity contribution is 7.54. The van der Waals surface area contributed by atoms with Crippen molar-refractivity contribution in [2.75, 3.05) is 25.5 Å². The average molecular weight is 421 g/mol. The van der Waals surface area contributed by atoms with Gasteiger partial charge in [0.05, 0.1) is 19.5 Å². The fraction of sp³-hybridized carbons (Fsp3) is 0.571. The molecule has 11 nitrogen and oxygen atoms in total. The third-order valence-corrected chi connectivity index (χ3v) is 5.95. The van der Waals surface area contributed by atoms with Crippen LogP contribution in [0.1, 0.15) is 20.3 Å². The van der Waals surface area contributed by atoms with E-state index in [-0.39, 0.29) is 49.7 Å². The van der Waals surface area contributed by atoms with Crippen LogP contribution in [0.15, 0.2) is 6.33 Å². The molecule has 0 saturated heterocycles. The van der Waals surface area contributed by atoms with E-state index in [1.807, 2.05) is 0 Å². The van der Waals surface area contributed by atoms with Gasteiger partial charge in [0, 0.05) is 13.0 Å². The third kappa shape index (κ3) is 5.36. The summed E-state index contributed by atoms with van der Waals surface area (Å²) >= 11 is 5.94. The second kappa shape index (κ2) is 9.43. The molecule has 1 amide bonds. The second-order valence-corrected chi connectivity index (χ2v) is 7.96. The van der Waals surface area contributed by atoms with Gasteiger partial charge in [0.25, 0.3) is 0 Å². The minimum absolute atomic E-state index is 0.00857. The number of hydrogen-bond donors (Lipinski definition) is 3. The number of aliphatic hydroxyl groups is 1. The van der Waals surface area contributed by atoms with Crippen LogP contribution in [-0.4, -0.2) is 56.1 Å². The number of carbonyl (C=O) groups excluding carboxylic acids is 1. The van der Waals surface area contributed by atoms with Crippen molar-refractivity contribution < 1.29 is 23.5 Å². The Kier molecular flexibility index (Phi) is 7.51. The Morgan fingerprint density at radius 2 is 2.07 bits per heavy atom. The highest BCUT2D eigenvalue weighted by Crippen LogP contribution is 2.52. The summed E-state index contributed by atoms with van der Waals surface area (Å²) in [6.07, 6.45) is 1.41. The third-order valence-electron chi connectivity index (χ3n) is 3.46. The molecular weight excluding hydrogens is 399 g/mol. The molecule has 0 saturated carbocycles. The maximum absolute atomic E-state index is 12.4. The predicted molar refractivity (Wildman–Crippen MR) is 99.2 cm³/mol. The second-order valence-electron chi connectivity index (χ2n) is 5.41. The Labute approximate surface area is 160 Å². The largest absolute Gasteiger partial charge is 0.380 e. The van der Waals surface area contributed by atoms with E-state index in [9.17, 15) is 14.5 Å². The fourth-order valence-electron chi connectivity index (χ4n) is 2.32. The highest BCUT2D eigenvalue weighted by Gasteiger charge is 2.33. The van der Waals surface area contributed by atoms with Crippen molar-refractivity contribution in [1.82, 2.24) is 24.8 Å². The van der Waals surface area contributed by atoms with Gasteiger partial charge in [-0.2, -0.15) is 9.97 Å². The molecule has 150 valence electrons. The zero-order chi connectivity index (χ0) is 20.0. The van der Waals surface area contributed by atoms with E-state index in [2.05, 4.69) is 20.3 Å². The average Bonchev–Trinajstić information content (AvgIpc) is 2.98. The van der Waals surface area contributed by atoms with E-state index in [1.165, 1.54) is 10.9 Å². The predicted octanol–water partition coefficient (Wildman–Crippen LogP) is 1.15. The summed E-state index contributed by atoms with van der Waals surface area (Å²) in [5.74, 6) is -1.73. The smallest absolute Gasteiger partial charge is 0.358 e. The Hall–Kier alpha value is -1.78. The molecule has 0 aliphatic rings. The van der Waals surface area contributed by atoms with Gasteiger partial charge < -0.3 is 29.8 Å². The molecule has 2 heterocycles. The molecule has 0 fully saturated rings. The maximum atomic E-state index is 12.4. The number of nitrogen functional groups attached to an aromatic ring is 1. The van der Waals surface area contributed by atoms with E-state index >= 15 is 0 Å². The number of anilines is 1. The molecule has 2 aromatic rings. The number of nitrogens with zero attached hydrogens (tertiary/aromatic N) is 4. The number of rotatable bonds is 10. The van der Waals surface area contributed by atoms with Crippen molar-refractivity contribution in [3.63, 3.8) is 0 Å². The minimum atomic E-state index is -3.63. The fourth-order valence-corrected chi connectivity index (χ4v) is 4.12. The lowest BCUT2D eigenvalue weighted by molar-refractivity contribution is -0.121. The number of nitrogens with two attached hydrogens (primary N) is 1.